The zero-order chi connectivity index (χ0) is 25.7. The Labute approximate surface area is 206 Å². The summed E-state index contributed by atoms with van der Waals surface area (Å²) >= 11 is 0. The van der Waals surface area contributed by atoms with Crippen molar-refractivity contribution in [3.05, 3.63) is 88.2 Å². The number of amides is 3. The number of pyridine rings is 1. The molecule has 1 aromatic heterocycles. The van der Waals surface area contributed by atoms with Gasteiger partial charge in [-0.25, -0.2) is 0 Å². The van der Waals surface area contributed by atoms with Gasteiger partial charge in [-0.3, -0.25) is 29.5 Å². The van der Waals surface area contributed by atoms with Crippen LogP contribution in [0.3, 0.4) is 0 Å². The third-order valence-corrected chi connectivity index (χ3v) is 5.82. The molecule has 0 radical (unpaired) electrons. The molecule has 0 saturated carbocycles. The number of hydrogen-bond donors (Lipinski definition) is 2. The molecule has 1 aliphatic heterocycles. The van der Waals surface area contributed by atoms with Crippen LogP contribution in [0.4, 0.5) is 22.7 Å². The Morgan fingerprint density at radius 1 is 0.861 bits per heavy atom. The number of nitro benzene ring substituents is 1. The average Bonchev–Trinajstić information content (AvgIpc) is 2.89. The van der Waals surface area contributed by atoms with Gasteiger partial charge >= 0.3 is 0 Å². The van der Waals surface area contributed by atoms with E-state index in [1.807, 2.05) is 4.90 Å². The van der Waals surface area contributed by atoms with Gasteiger partial charge in [0.05, 0.1) is 4.92 Å². The zero-order valence-electron chi connectivity index (χ0n) is 19.5. The Kier molecular flexibility index (Phi) is 7.19. The van der Waals surface area contributed by atoms with Crippen molar-refractivity contribution in [3.8, 4) is 0 Å². The van der Waals surface area contributed by atoms with Crippen LogP contribution in [-0.4, -0.2) is 58.7 Å². The second-order valence-electron chi connectivity index (χ2n) is 8.18. The van der Waals surface area contributed by atoms with Gasteiger partial charge in [0.15, 0.2) is 0 Å². The van der Waals surface area contributed by atoms with Crippen LogP contribution in [0.1, 0.15) is 27.6 Å². The number of piperazine rings is 1. The molecule has 0 aliphatic carbocycles. The Hall–Kier alpha value is -4.80. The molecule has 11 nitrogen and oxygen atoms in total. The largest absolute Gasteiger partial charge is 0.362 e. The maximum absolute atomic E-state index is 12.9. The molecule has 36 heavy (non-hydrogen) atoms. The van der Waals surface area contributed by atoms with Crippen molar-refractivity contribution in [1.29, 1.82) is 0 Å². The standard InChI is InChI=1S/C25H24N6O5/c1-17(32)29-11-13-30(14-12-29)22-6-5-19(15-23(22)31(35)36)25(34)28-21-4-2-3-20(16-21)27-24(33)18-7-9-26-10-8-18/h2-10,15-16H,11-14H2,1H3,(H,27,33)(H,28,34). The van der Waals surface area contributed by atoms with Gasteiger partial charge in [-0.15, -0.1) is 0 Å². The highest BCUT2D eigenvalue weighted by molar-refractivity contribution is 6.06. The number of carbonyl (C=O) groups is 3. The van der Waals surface area contributed by atoms with Gasteiger partial charge in [0.25, 0.3) is 17.5 Å². The first kappa shape index (κ1) is 24.3. The molecule has 3 aromatic rings. The number of nitrogens with one attached hydrogen (secondary N) is 2. The van der Waals surface area contributed by atoms with Gasteiger partial charge in [-0.1, -0.05) is 6.07 Å². The molecule has 0 bridgehead atoms. The Balaban J connectivity index is 1.47. The van der Waals surface area contributed by atoms with E-state index < -0.39 is 10.8 Å². The Morgan fingerprint density at radius 3 is 2.06 bits per heavy atom. The average molecular weight is 489 g/mol. The molecule has 2 heterocycles. The van der Waals surface area contributed by atoms with Crippen molar-refractivity contribution in [2.75, 3.05) is 41.7 Å². The first-order valence-corrected chi connectivity index (χ1v) is 11.2. The summed E-state index contributed by atoms with van der Waals surface area (Å²) in [6.45, 7) is 3.37. The maximum Gasteiger partial charge on any atom is 0.293 e. The van der Waals surface area contributed by atoms with Crippen molar-refractivity contribution in [1.82, 2.24) is 9.88 Å². The number of rotatable bonds is 6. The number of nitrogens with zero attached hydrogens (tertiary/aromatic N) is 4. The van der Waals surface area contributed by atoms with Crippen LogP contribution >= 0.6 is 0 Å². The predicted molar refractivity (Wildman–Crippen MR) is 134 cm³/mol. The summed E-state index contributed by atoms with van der Waals surface area (Å²) in [5.41, 5.74) is 1.67. The second kappa shape index (κ2) is 10.6. The fourth-order valence-corrected chi connectivity index (χ4v) is 3.93. The van der Waals surface area contributed by atoms with Crippen LogP contribution in [0.25, 0.3) is 0 Å². The van der Waals surface area contributed by atoms with E-state index in [-0.39, 0.29) is 23.1 Å². The summed E-state index contributed by atoms with van der Waals surface area (Å²) in [5.74, 6) is -0.878. The lowest BCUT2D eigenvalue weighted by molar-refractivity contribution is -0.384. The molecule has 0 atom stereocenters. The zero-order valence-corrected chi connectivity index (χ0v) is 19.5. The van der Waals surface area contributed by atoms with Crippen molar-refractivity contribution < 1.29 is 19.3 Å². The molecule has 1 fully saturated rings. The Morgan fingerprint density at radius 2 is 1.47 bits per heavy atom. The third kappa shape index (κ3) is 5.63. The summed E-state index contributed by atoms with van der Waals surface area (Å²) in [7, 11) is 0. The fourth-order valence-electron chi connectivity index (χ4n) is 3.93. The first-order chi connectivity index (χ1) is 17.3. The SMILES string of the molecule is CC(=O)N1CCN(c2ccc(C(=O)Nc3cccc(NC(=O)c4ccncc4)c3)cc2[N+](=O)[O-])CC1. The monoisotopic (exact) mass is 488 g/mol. The van der Waals surface area contributed by atoms with E-state index in [4.69, 9.17) is 0 Å². The highest BCUT2D eigenvalue weighted by Crippen LogP contribution is 2.30. The lowest BCUT2D eigenvalue weighted by Crippen LogP contribution is -2.48. The molecule has 0 spiro atoms. The van der Waals surface area contributed by atoms with Gasteiger partial charge in [0.2, 0.25) is 5.91 Å². The van der Waals surface area contributed by atoms with Crippen LogP contribution in [0.5, 0.6) is 0 Å². The van der Waals surface area contributed by atoms with E-state index in [1.54, 1.807) is 47.4 Å². The van der Waals surface area contributed by atoms with Crippen LogP contribution in [0, 0.1) is 10.1 Å². The van der Waals surface area contributed by atoms with E-state index in [0.29, 0.717) is 48.8 Å². The second-order valence-corrected chi connectivity index (χ2v) is 8.18. The highest BCUT2D eigenvalue weighted by Gasteiger charge is 2.26. The van der Waals surface area contributed by atoms with Crippen molar-refractivity contribution in [3.63, 3.8) is 0 Å². The van der Waals surface area contributed by atoms with Gasteiger partial charge in [0.1, 0.15) is 5.69 Å². The Bertz CT molecular complexity index is 1310. The number of anilines is 3. The number of benzene rings is 2. The molecule has 0 unspecified atom stereocenters. The van der Waals surface area contributed by atoms with Crippen molar-refractivity contribution in [2.24, 2.45) is 0 Å². The summed E-state index contributed by atoms with van der Waals surface area (Å²) < 4.78 is 0. The van der Waals surface area contributed by atoms with E-state index in [9.17, 15) is 24.5 Å². The minimum atomic E-state index is -0.524. The summed E-state index contributed by atoms with van der Waals surface area (Å²) in [4.78, 5) is 55.5. The first-order valence-electron chi connectivity index (χ1n) is 11.2. The van der Waals surface area contributed by atoms with Gasteiger partial charge in [-0.05, 0) is 42.5 Å². The lowest BCUT2D eigenvalue weighted by Gasteiger charge is -2.35. The normalized spacial score (nSPS) is 13.1. The van der Waals surface area contributed by atoms with E-state index in [2.05, 4.69) is 15.6 Å². The van der Waals surface area contributed by atoms with E-state index in [1.165, 1.54) is 31.5 Å². The van der Waals surface area contributed by atoms with Crippen LogP contribution in [-0.2, 0) is 4.79 Å². The minimum absolute atomic E-state index is 0.0304. The molecule has 2 aromatic carbocycles. The quantitative estimate of drug-likeness (QED) is 0.401. The molecule has 1 aliphatic rings. The summed E-state index contributed by atoms with van der Waals surface area (Å²) in [5, 5.41) is 17.2. The van der Waals surface area contributed by atoms with Crippen LogP contribution < -0.4 is 15.5 Å². The maximum atomic E-state index is 12.9. The molecule has 1 saturated heterocycles. The van der Waals surface area contributed by atoms with Crippen LogP contribution in [0.15, 0.2) is 67.0 Å². The molecule has 3 amide bonds. The predicted octanol–water partition coefficient (Wildman–Crippen LogP) is 3.16. The van der Waals surface area contributed by atoms with Gasteiger partial charge in [0, 0.05) is 74.1 Å². The van der Waals surface area contributed by atoms with Gasteiger partial charge in [-0.2, -0.15) is 0 Å². The highest BCUT2D eigenvalue weighted by atomic mass is 16.6. The summed E-state index contributed by atoms with van der Waals surface area (Å²) in [6, 6.07) is 14.1. The van der Waals surface area contributed by atoms with Crippen LogP contribution in [0.2, 0.25) is 0 Å². The van der Waals surface area contributed by atoms with E-state index >= 15 is 0 Å². The van der Waals surface area contributed by atoms with Gasteiger partial charge < -0.3 is 20.4 Å². The summed E-state index contributed by atoms with van der Waals surface area (Å²) in [6.07, 6.45) is 3.03. The van der Waals surface area contributed by atoms with Crippen molar-refractivity contribution >= 4 is 40.5 Å². The molecule has 11 heteroatoms. The molecule has 4 rings (SSSR count). The molecular weight excluding hydrogens is 464 g/mol. The molecule has 184 valence electrons. The third-order valence-electron chi connectivity index (χ3n) is 5.82. The topological polar surface area (TPSA) is 138 Å². The number of aromatic nitrogens is 1. The molecular formula is C25H24N6O5. The van der Waals surface area contributed by atoms with E-state index in [0.717, 1.165) is 0 Å². The smallest absolute Gasteiger partial charge is 0.293 e. The van der Waals surface area contributed by atoms with Crippen molar-refractivity contribution in [2.45, 2.75) is 6.92 Å². The number of carbonyl (C=O) groups excluding carboxylic acids is 3. The minimum Gasteiger partial charge on any atom is -0.362 e. The number of hydrogen-bond acceptors (Lipinski definition) is 7. The number of nitro groups is 1. The lowest BCUT2D eigenvalue weighted by atomic mass is 10.1. The molecule has 2 N–H and O–H groups in total. The fraction of sp³-hybridized carbons (Fsp3) is 0.200.